The van der Waals surface area contributed by atoms with Gasteiger partial charge in [0, 0.05) is 14.3 Å². The summed E-state index contributed by atoms with van der Waals surface area (Å²) in [6, 6.07) is 12.7. The van der Waals surface area contributed by atoms with Crippen molar-refractivity contribution >= 4 is 51.9 Å². The highest BCUT2D eigenvalue weighted by Crippen LogP contribution is 2.22. The Morgan fingerprint density at radius 1 is 1.36 bits per heavy atom. The van der Waals surface area contributed by atoms with Gasteiger partial charge in [-0.15, -0.1) is 0 Å². The number of carbonyl (C=O) groups is 1. The van der Waals surface area contributed by atoms with E-state index in [1.807, 2.05) is 38.1 Å². The summed E-state index contributed by atoms with van der Waals surface area (Å²) in [5, 5.41) is 12.6. The Morgan fingerprint density at radius 2 is 2.12 bits per heavy atom. The van der Waals surface area contributed by atoms with Crippen molar-refractivity contribution in [3.8, 4) is 11.8 Å². The van der Waals surface area contributed by atoms with E-state index < -0.39 is 5.91 Å². The minimum Gasteiger partial charge on any atom is -0.494 e. The van der Waals surface area contributed by atoms with E-state index in [4.69, 9.17) is 16.3 Å². The van der Waals surface area contributed by atoms with E-state index >= 15 is 0 Å². The Labute approximate surface area is 165 Å². The Balaban J connectivity index is 2.26. The molecule has 0 fully saturated rings. The molecule has 25 heavy (non-hydrogen) atoms. The lowest BCUT2D eigenvalue weighted by atomic mass is 10.1. The summed E-state index contributed by atoms with van der Waals surface area (Å²) < 4.78 is 6.45. The molecule has 0 spiro atoms. The van der Waals surface area contributed by atoms with E-state index in [1.54, 1.807) is 18.2 Å². The van der Waals surface area contributed by atoms with Crippen LogP contribution in [0.3, 0.4) is 0 Å². The van der Waals surface area contributed by atoms with Gasteiger partial charge in [-0.05, 0) is 84.0 Å². The van der Waals surface area contributed by atoms with Crippen LogP contribution >= 0.6 is 34.2 Å². The van der Waals surface area contributed by atoms with Gasteiger partial charge in [-0.2, -0.15) is 5.26 Å². The normalized spacial score (nSPS) is 10.9. The molecule has 1 amide bonds. The van der Waals surface area contributed by atoms with Gasteiger partial charge in [-0.1, -0.05) is 17.7 Å². The van der Waals surface area contributed by atoms with Gasteiger partial charge in [-0.3, -0.25) is 4.79 Å². The van der Waals surface area contributed by atoms with Crippen molar-refractivity contribution in [1.29, 1.82) is 5.26 Å². The van der Waals surface area contributed by atoms with Crippen LogP contribution < -0.4 is 10.1 Å². The number of hydrogen-bond donors (Lipinski definition) is 1. The number of ether oxygens (including phenoxy) is 1. The maximum atomic E-state index is 12.4. The average molecular weight is 467 g/mol. The van der Waals surface area contributed by atoms with Crippen molar-refractivity contribution in [3.05, 3.63) is 61.7 Å². The average Bonchev–Trinajstić information content (AvgIpc) is 2.55. The van der Waals surface area contributed by atoms with Gasteiger partial charge in [0.25, 0.3) is 5.91 Å². The summed E-state index contributed by atoms with van der Waals surface area (Å²) in [5.41, 5.74) is 2.18. The van der Waals surface area contributed by atoms with Gasteiger partial charge in [0.05, 0.1) is 6.61 Å². The van der Waals surface area contributed by atoms with Crippen molar-refractivity contribution in [2.75, 3.05) is 11.9 Å². The summed E-state index contributed by atoms with van der Waals surface area (Å²) >= 11 is 8.22. The van der Waals surface area contributed by atoms with E-state index in [0.717, 1.165) is 14.7 Å². The van der Waals surface area contributed by atoms with E-state index in [0.29, 0.717) is 23.1 Å². The number of aryl methyl sites for hydroxylation is 1. The molecule has 128 valence electrons. The second kappa shape index (κ2) is 8.88. The summed E-state index contributed by atoms with van der Waals surface area (Å²) in [5.74, 6) is 0.211. The first-order chi connectivity index (χ1) is 11.9. The second-order valence-electron chi connectivity index (χ2n) is 5.24. The second-order valence-corrected chi connectivity index (χ2v) is 6.89. The first-order valence-corrected chi connectivity index (χ1v) is 9.01. The molecule has 1 N–H and O–H groups in total. The molecular weight excluding hydrogens is 451 g/mol. The zero-order chi connectivity index (χ0) is 18.4. The van der Waals surface area contributed by atoms with E-state index in [9.17, 15) is 10.1 Å². The molecule has 2 aromatic rings. The fraction of sp³-hybridized carbons (Fsp3) is 0.158. The first-order valence-electron chi connectivity index (χ1n) is 7.55. The first kappa shape index (κ1) is 19.3. The van der Waals surface area contributed by atoms with Crippen LogP contribution in [0.2, 0.25) is 5.02 Å². The monoisotopic (exact) mass is 466 g/mol. The zero-order valence-electron chi connectivity index (χ0n) is 13.8. The zero-order valence-corrected chi connectivity index (χ0v) is 16.7. The Kier molecular flexibility index (Phi) is 6.85. The number of benzene rings is 2. The Hall–Kier alpha value is -2.04. The van der Waals surface area contributed by atoms with Gasteiger partial charge in [0.15, 0.2) is 0 Å². The molecule has 0 saturated heterocycles. The lowest BCUT2D eigenvalue weighted by Crippen LogP contribution is -2.13. The number of rotatable bonds is 5. The lowest BCUT2D eigenvalue weighted by molar-refractivity contribution is -0.112. The van der Waals surface area contributed by atoms with Crippen molar-refractivity contribution in [2.24, 2.45) is 0 Å². The molecule has 0 aliphatic carbocycles. The lowest BCUT2D eigenvalue weighted by Gasteiger charge is -2.07. The molecule has 6 heteroatoms. The summed E-state index contributed by atoms with van der Waals surface area (Å²) in [4.78, 5) is 12.4. The molecule has 4 nitrogen and oxygen atoms in total. The molecule has 0 aromatic heterocycles. The maximum Gasteiger partial charge on any atom is 0.266 e. The highest BCUT2D eigenvalue weighted by molar-refractivity contribution is 14.1. The van der Waals surface area contributed by atoms with E-state index in [2.05, 4.69) is 27.9 Å². The Bertz CT molecular complexity index is 872. The molecule has 2 aromatic carbocycles. The molecule has 0 heterocycles. The van der Waals surface area contributed by atoms with Crippen molar-refractivity contribution in [1.82, 2.24) is 0 Å². The van der Waals surface area contributed by atoms with Crippen LogP contribution in [0.1, 0.15) is 18.1 Å². The molecule has 0 bridgehead atoms. The third kappa shape index (κ3) is 5.48. The van der Waals surface area contributed by atoms with Crippen LogP contribution in [0.25, 0.3) is 6.08 Å². The molecule has 0 saturated carbocycles. The number of carbonyl (C=O) groups excluding carboxylic acids is 1. The quantitative estimate of drug-likeness (QED) is 0.374. The summed E-state index contributed by atoms with van der Waals surface area (Å²) in [6.07, 6.45) is 1.54. The number of amides is 1. The van der Waals surface area contributed by atoms with E-state index in [-0.39, 0.29) is 5.57 Å². The number of nitrogens with zero attached hydrogens (tertiary/aromatic N) is 1. The minimum absolute atomic E-state index is 0.00106. The van der Waals surface area contributed by atoms with Crippen LogP contribution in [-0.4, -0.2) is 12.5 Å². The van der Waals surface area contributed by atoms with Gasteiger partial charge in [-0.25, -0.2) is 0 Å². The van der Waals surface area contributed by atoms with Crippen LogP contribution in [0.15, 0.2) is 42.0 Å². The van der Waals surface area contributed by atoms with Crippen molar-refractivity contribution in [2.45, 2.75) is 13.8 Å². The third-order valence-corrected chi connectivity index (χ3v) is 4.34. The Morgan fingerprint density at radius 3 is 2.76 bits per heavy atom. The fourth-order valence-corrected chi connectivity index (χ4v) is 2.95. The van der Waals surface area contributed by atoms with Crippen molar-refractivity contribution < 1.29 is 9.53 Å². The summed E-state index contributed by atoms with van der Waals surface area (Å²) in [7, 11) is 0. The minimum atomic E-state index is -0.487. The number of halogens is 2. The van der Waals surface area contributed by atoms with Crippen LogP contribution in [-0.2, 0) is 4.79 Å². The molecule has 2 rings (SSSR count). The van der Waals surface area contributed by atoms with Crippen LogP contribution in [0.5, 0.6) is 5.75 Å². The molecular formula is C19H16ClIN2O2. The highest BCUT2D eigenvalue weighted by Gasteiger charge is 2.11. The number of hydrogen-bond acceptors (Lipinski definition) is 3. The van der Waals surface area contributed by atoms with Gasteiger partial charge < -0.3 is 10.1 Å². The third-order valence-electron chi connectivity index (χ3n) is 3.31. The molecule has 0 aliphatic heterocycles. The molecule has 0 aliphatic rings. The van der Waals surface area contributed by atoms with Gasteiger partial charge >= 0.3 is 0 Å². The predicted molar refractivity (Wildman–Crippen MR) is 109 cm³/mol. The standard InChI is InChI=1S/C19H16ClIN2O2/c1-3-25-17-8-13(7-15(21)9-17)6-14(11-22)19(24)23-16-5-4-12(2)18(20)10-16/h4-10H,3H2,1-2H3,(H,23,24)/b14-6+. The summed E-state index contributed by atoms with van der Waals surface area (Å²) in [6.45, 7) is 4.32. The highest BCUT2D eigenvalue weighted by atomic mass is 127. The predicted octanol–water partition coefficient (Wildman–Crippen LogP) is 5.20. The smallest absolute Gasteiger partial charge is 0.266 e. The maximum absolute atomic E-state index is 12.4. The number of nitrogens with one attached hydrogen (secondary N) is 1. The topological polar surface area (TPSA) is 62.1 Å². The molecule has 0 unspecified atom stereocenters. The fourth-order valence-electron chi connectivity index (χ4n) is 2.10. The van der Waals surface area contributed by atoms with Crippen LogP contribution in [0, 0.1) is 21.8 Å². The number of anilines is 1. The molecule has 0 radical (unpaired) electrons. The SMILES string of the molecule is CCOc1cc(I)cc(/C=C(\C#N)C(=O)Nc2ccc(C)c(Cl)c2)c1. The number of nitriles is 1. The molecule has 0 atom stereocenters. The van der Waals surface area contributed by atoms with Gasteiger partial charge in [0.1, 0.15) is 17.4 Å². The van der Waals surface area contributed by atoms with Crippen molar-refractivity contribution in [3.63, 3.8) is 0 Å². The van der Waals surface area contributed by atoms with E-state index in [1.165, 1.54) is 6.08 Å². The van der Waals surface area contributed by atoms with Gasteiger partial charge in [0.2, 0.25) is 0 Å². The largest absolute Gasteiger partial charge is 0.494 e. The van der Waals surface area contributed by atoms with Crippen LogP contribution in [0.4, 0.5) is 5.69 Å².